The molecule has 3 aromatic carbocycles. The third-order valence-electron chi connectivity index (χ3n) is 4.92. The summed E-state index contributed by atoms with van der Waals surface area (Å²) >= 11 is 13.5. The Labute approximate surface area is 217 Å². The number of amides is 1. The number of hydrogen-bond acceptors (Lipinski definition) is 6. The molecule has 1 saturated heterocycles. The fourth-order valence-electron chi connectivity index (χ4n) is 3.20. The number of carbonyl (C=O) groups is 1. The smallest absolute Gasteiger partial charge is 0.264 e. The zero-order valence-corrected chi connectivity index (χ0v) is 21.3. The van der Waals surface area contributed by atoms with E-state index >= 15 is 0 Å². The number of nitrogens with zero attached hydrogens (tertiary/aromatic N) is 1. The summed E-state index contributed by atoms with van der Waals surface area (Å²) in [5, 5.41) is 4.41. The molecule has 0 spiro atoms. The van der Waals surface area contributed by atoms with E-state index in [1.165, 1.54) is 11.8 Å². The lowest BCUT2D eigenvalue weighted by atomic mass is 10.2. The highest BCUT2D eigenvalue weighted by Crippen LogP contribution is 2.33. The van der Waals surface area contributed by atoms with Gasteiger partial charge in [0.1, 0.15) is 12.4 Å². The van der Waals surface area contributed by atoms with Crippen LogP contribution in [-0.4, -0.2) is 24.8 Å². The Balaban J connectivity index is 1.50. The average molecular weight is 529 g/mol. The SMILES string of the molecule is CCOc1cc(/C=C2\SC(=Nc3ccc(OC)cc3)NC2=O)ccc1OCc1ccc(Cl)cc1Cl. The van der Waals surface area contributed by atoms with Crippen molar-refractivity contribution in [3.8, 4) is 17.2 Å². The van der Waals surface area contributed by atoms with Gasteiger partial charge in [0, 0.05) is 15.6 Å². The third kappa shape index (κ3) is 6.51. The van der Waals surface area contributed by atoms with Crippen molar-refractivity contribution in [1.29, 1.82) is 0 Å². The molecule has 0 aromatic heterocycles. The van der Waals surface area contributed by atoms with E-state index in [0.29, 0.717) is 38.2 Å². The topological polar surface area (TPSA) is 69.2 Å². The molecular weight excluding hydrogens is 507 g/mol. The zero-order chi connectivity index (χ0) is 24.8. The van der Waals surface area contributed by atoms with Crippen LogP contribution in [0, 0.1) is 0 Å². The molecule has 3 aromatic rings. The Morgan fingerprint density at radius 2 is 1.80 bits per heavy atom. The van der Waals surface area contributed by atoms with Gasteiger partial charge in [0.25, 0.3) is 5.91 Å². The molecule has 9 heteroatoms. The summed E-state index contributed by atoms with van der Waals surface area (Å²) in [5.74, 6) is 1.68. The third-order valence-corrected chi connectivity index (χ3v) is 6.41. The Bertz CT molecular complexity index is 1290. The highest BCUT2D eigenvalue weighted by atomic mass is 35.5. The van der Waals surface area contributed by atoms with Crippen molar-refractivity contribution in [3.05, 3.63) is 86.7 Å². The molecule has 0 saturated carbocycles. The average Bonchev–Trinajstić information content (AvgIpc) is 3.18. The number of benzene rings is 3. The predicted molar refractivity (Wildman–Crippen MR) is 142 cm³/mol. The number of aliphatic imine (C=N–C) groups is 1. The largest absolute Gasteiger partial charge is 0.497 e. The lowest BCUT2D eigenvalue weighted by Crippen LogP contribution is -2.19. The van der Waals surface area contributed by atoms with Crippen molar-refractivity contribution in [2.45, 2.75) is 13.5 Å². The molecule has 0 aliphatic carbocycles. The lowest BCUT2D eigenvalue weighted by Gasteiger charge is -2.13. The Kier molecular flexibility index (Phi) is 8.23. The first kappa shape index (κ1) is 25.0. The minimum atomic E-state index is -0.210. The van der Waals surface area contributed by atoms with Gasteiger partial charge in [-0.2, -0.15) is 0 Å². The van der Waals surface area contributed by atoms with Crippen LogP contribution in [-0.2, 0) is 11.4 Å². The zero-order valence-electron chi connectivity index (χ0n) is 19.0. The van der Waals surface area contributed by atoms with Crippen LogP contribution < -0.4 is 19.5 Å². The second-order valence-electron chi connectivity index (χ2n) is 7.34. The van der Waals surface area contributed by atoms with Gasteiger partial charge < -0.3 is 19.5 Å². The van der Waals surface area contributed by atoms with Crippen molar-refractivity contribution in [1.82, 2.24) is 5.32 Å². The van der Waals surface area contributed by atoms with Gasteiger partial charge in [-0.15, -0.1) is 0 Å². The fraction of sp³-hybridized carbons (Fsp3) is 0.154. The molecule has 1 N–H and O–H groups in total. The van der Waals surface area contributed by atoms with E-state index in [-0.39, 0.29) is 12.5 Å². The van der Waals surface area contributed by atoms with Gasteiger partial charge in [-0.3, -0.25) is 4.79 Å². The van der Waals surface area contributed by atoms with Gasteiger partial charge in [0.15, 0.2) is 16.7 Å². The van der Waals surface area contributed by atoms with Crippen LogP contribution in [0.2, 0.25) is 10.0 Å². The molecule has 35 heavy (non-hydrogen) atoms. The number of amidine groups is 1. The van der Waals surface area contributed by atoms with Crippen molar-refractivity contribution < 1.29 is 19.0 Å². The first-order valence-electron chi connectivity index (χ1n) is 10.7. The minimum Gasteiger partial charge on any atom is -0.497 e. The number of methoxy groups -OCH3 is 1. The van der Waals surface area contributed by atoms with E-state index in [1.54, 1.807) is 25.3 Å². The molecule has 4 rings (SSSR count). The Morgan fingerprint density at radius 3 is 2.51 bits per heavy atom. The molecule has 6 nitrogen and oxygen atoms in total. The van der Waals surface area contributed by atoms with Crippen LogP contribution in [0.3, 0.4) is 0 Å². The predicted octanol–water partition coefficient (Wildman–Crippen LogP) is 6.87. The molecule has 1 amide bonds. The number of ether oxygens (including phenoxy) is 3. The molecule has 0 atom stereocenters. The van der Waals surface area contributed by atoms with Crippen LogP contribution in [0.25, 0.3) is 6.08 Å². The Hall–Kier alpha value is -3.13. The van der Waals surface area contributed by atoms with E-state index < -0.39 is 0 Å². The number of rotatable bonds is 8. The summed E-state index contributed by atoms with van der Waals surface area (Å²) in [6.45, 7) is 2.62. The lowest BCUT2D eigenvalue weighted by molar-refractivity contribution is -0.115. The standard InChI is InChI=1S/C26H22Cl2N2O4S/c1-3-33-23-12-16(4-11-22(23)34-15-17-5-6-18(27)14-21(17)28)13-24-25(31)30-26(35-24)29-19-7-9-20(32-2)10-8-19/h4-14H,3,15H2,1-2H3,(H,29,30,31)/b24-13-. The van der Waals surface area contributed by atoms with E-state index in [1.807, 2.05) is 55.5 Å². The Morgan fingerprint density at radius 1 is 1.00 bits per heavy atom. The minimum absolute atomic E-state index is 0.210. The van der Waals surface area contributed by atoms with Gasteiger partial charge >= 0.3 is 0 Å². The number of nitrogens with one attached hydrogen (secondary N) is 1. The van der Waals surface area contributed by atoms with Crippen LogP contribution in [0.1, 0.15) is 18.1 Å². The molecule has 0 bridgehead atoms. The van der Waals surface area contributed by atoms with Gasteiger partial charge in [-0.05, 0) is 78.9 Å². The molecule has 1 aliphatic rings. The highest BCUT2D eigenvalue weighted by Gasteiger charge is 2.24. The highest BCUT2D eigenvalue weighted by molar-refractivity contribution is 8.18. The molecular formula is C26H22Cl2N2O4S. The normalized spacial score (nSPS) is 15.4. The summed E-state index contributed by atoms with van der Waals surface area (Å²) in [6.07, 6.45) is 1.79. The second kappa shape index (κ2) is 11.5. The molecule has 0 unspecified atom stereocenters. The quantitative estimate of drug-likeness (QED) is 0.323. The maximum Gasteiger partial charge on any atom is 0.264 e. The first-order chi connectivity index (χ1) is 16.9. The number of halogens is 2. The molecule has 180 valence electrons. The molecule has 1 heterocycles. The van der Waals surface area contributed by atoms with Crippen molar-refractivity contribution in [3.63, 3.8) is 0 Å². The molecule has 1 fully saturated rings. The van der Waals surface area contributed by atoms with Gasteiger partial charge in [0.2, 0.25) is 0 Å². The second-order valence-corrected chi connectivity index (χ2v) is 9.22. The van der Waals surface area contributed by atoms with Crippen LogP contribution >= 0.6 is 35.0 Å². The maximum atomic E-state index is 12.5. The number of hydrogen-bond donors (Lipinski definition) is 1. The molecule has 1 aliphatic heterocycles. The van der Waals surface area contributed by atoms with E-state index in [4.69, 9.17) is 37.4 Å². The van der Waals surface area contributed by atoms with Crippen LogP contribution in [0.4, 0.5) is 5.69 Å². The van der Waals surface area contributed by atoms with Gasteiger partial charge in [-0.1, -0.05) is 35.3 Å². The van der Waals surface area contributed by atoms with Crippen LogP contribution in [0.15, 0.2) is 70.6 Å². The van der Waals surface area contributed by atoms with Crippen LogP contribution in [0.5, 0.6) is 17.2 Å². The van der Waals surface area contributed by atoms with Crippen molar-refractivity contribution >= 4 is 57.8 Å². The summed E-state index contributed by atoms with van der Waals surface area (Å²) in [6, 6.07) is 18.1. The molecule has 0 radical (unpaired) electrons. The number of thioether (sulfide) groups is 1. The fourth-order valence-corrected chi connectivity index (χ4v) is 4.51. The van der Waals surface area contributed by atoms with E-state index in [9.17, 15) is 4.79 Å². The summed E-state index contributed by atoms with van der Waals surface area (Å²) in [5.41, 5.74) is 2.33. The van der Waals surface area contributed by atoms with E-state index in [2.05, 4.69) is 10.3 Å². The first-order valence-corrected chi connectivity index (χ1v) is 12.3. The maximum absolute atomic E-state index is 12.5. The van der Waals surface area contributed by atoms with Gasteiger partial charge in [0.05, 0.1) is 24.3 Å². The monoisotopic (exact) mass is 528 g/mol. The summed E-state index contributed by atoms with van der Waals surface area (Å²) in [4.78, 5) is 17.5. The van der Waals surface area contributed by atoms with Crippen molar-refractivity contribution in [2.24, 2.45) is 4.99 Å². The van der Waals surface area contributed by atoms with E-state index in [0.717, 1.165) is 22.6 Å². The van der Waals surface area contributed by atoms with Crippen molar-refractivity contribution in [2.75, 3.05) is 13.7 Å². The van der Waals surface area contributed by atoms with Gasteiger partial charge in [-0.25, -0.2) is 4.99 Å². The summed E-state index contributed by atoms with van der Waals surface area (Å²) < 4.78 is 16.9. The summed E-state index contributed by atoms with van der Waals surface area (Å²) in [7, 11) is 1.61. The number of carbonyl (C=O) groups excluding carboxylic acids is 1.